The number of aryl methyl sites for hydroxylation is 2. The highest BCUT2D eigenvalue weighted by atomic mass is 32.1. The molecule has 0 aliphatic carbocycles. The Balaban J connectivity index is 1.84. The Labute approximate surface area is 126 Å². The number of aliphatic hydroxyl groups excluding tert-OH is 1. The molecule has 5 nitrogen and oxygen atoms in total. The summed E-state index contributed by atoms with van der Waals surface area (Å²) in [7, 11) is 0. The lowest BCUT2D eigenvalue weighted by Crippen LogP contribution is -2.05. The van der Waals surface area contributed by atoms with Gasteiger partial charge in [-0.25, -0.2) is 4.98 Å². The molecule has 2 heterocycles. The molecular formula is C15H16N4OS. The zero-order valence-electron chi connectivity index (χ0n) is 11.7. The van der Waals surface area contributed by atoms with Crippen LogP contribution in [-0.4, -0.2) is 25.1 Å². The van der Waals surface area contributed by atoms with Crippen molar-refractivity contribution in [2.75, 3.05) is 0 Å². The molecule has 1 aromatic carbocycles. The van der Waals surface area contributed by atoms with Gasteiger partial charge in [0, 0.05) is 11.6 Å². The molecule has 0 saturated heterocycles. The fourth-order valence-electron chi connectivity index (χ4n) is 2.20. The molecule has 0 amide bonds. The van der Waals surface area contributed by atoms with Crippen LogP contribution in [0.5, 0.6) is 0 Å². The SMILES string of the molecule is Cc1ccc(CCc2c(CO)nnn2-c2nccs2)cc1. The van der Waals surface area contributed by atoms with E-state index in [4.69, 9.17) is 0 Å². The molecule has 2 aromatic heterocycles. The van der Waals surface area contributed by atoms with Crippen LogP contribution in [0.2, 0.25) is 0 Å². The van der Waals surface area contributed by atoms with Crippen LogP contribution >= 0.6 is 11.3 Å². The van der Waals surface area contributed by atoms with Gasteiger partial charge >= 0.3 is 0 Å². The average molecular weight is 300 g/mol. The van der Waals surface area contributed by atoms with Crippen LogP contribution in [0, 0.1) is 6.92 Å². The Morgan fingerprint density at radius 2 is 2.00 bits per heavy atom. The van der Waals surface area contributed by atoms with Crippen molar-refractivity contribution in [2.24, 2.45) is 0 Å². The van der Waals surface area contributed by atoms with Crippen molar-refractivity contribution in [1.29, 1.82) is 0 Å². The molecular weight excluding hydrogens is 284 g/mol. The van der Waals surface area contributed by atoms with E-state index in [0.717, 1.165) is 23.7 Å². The molecule has 21 heavy (non-hydrogen) atoms. The van der Waals surface area contributed by atoms with Gasteiger partial charge in [0.25, 0.3) is 0 Å². The Kier molecular flexibility index (Phi) is 4.08. The van der Waals surface area contributed by atoms with E-state index in [0.29, 0.717) is 5.69 Å². The van der Waals surface area contributed by atoms with Crippen LogP contribution in [0.25, 0.3) is 5.13 Å². The second-order valence-corrected chi connectivity index (χ2v) is 5.73. The highest BCUT2D eigenvalue weighted by molar-refractivity contribution is 7.12. The quantitative estimate of drug-likeness (QED) is 0.785. The summed E-state index contributed by atoms with van der Waals surface area (Å²) in [6.45, 7) is 1.98. The smallest absolute Gasteiger partial charge is 0.211 e. The van der Waals surface area contributed by atoms with Crippen LogP contribution < -0.4 is 0 Å². The zero-order chi connectivity index (χ0) is 14.7. The number of hydrogen-bond acceptors (Lipinski definition) is 5. The van der Waals surface area contributed by atoms with E-state index >= 15 is 0 Å². The van der Waals surface area contributed by atoms with Crippen molar-refractivity contribution in [3.63, 3.8) is 0 Å². The summed E-state index contributed by atoms with van der Waals surface area (Å²) in [5.74, 6) is 0. The van der Waals surface area contributed by atoms with E-state index in [-0.39, 0.29) is 6.61 Å². The van der Waals surface area contributed by atoms with E-state index < -0.39 is 0 Å². The standard InChI is InChI=1S/C15H16N4OS/c1-11-2-4-12(5-3-11)6-7-14-13(10-20)17-18-19(14)15-16-8-9-21-15/h2-5,8-9,20H,6-7,10H2,1H3. The Hall–Kier alpha value is -2.05. The van der Waals surface area contributed by atoms with Crippen LogP contribution in [0.15, 0.2) is 35.8 Å². The third-order valence-electron chi connectivity index (χ3n) is 3.36. The molecule has 6 heteroatoms. The molecule has 0 unspecified atom stereocenters. The summed E-state index contributed by atoms with van der Waals surface area (Å²) in [4.78, 5) is 4.26. The Morgan fingerprint density at radius 3 is 2.67 bits per heavy atom. The summed E-state index contributed by atoms with van der Waals surface area (Å²) in [5, 5.41) is 20.3. The number of aliphatic hydroxyl groups is 1. The lowest BCUT2D eigenvalue weighted by molar-refractivity contribution is 0.275. The summed E-state index contributed by atoms with van der Waals surface area (Å²) < 4.78 is 1.73. The van der Waals surface area contributed by atoms with E-state index in [9.17, 15) is 5.11 Å². The molecule has 0 atom stereocenters. The molecule has 0 saturated carbocycles. The lowest BCUT2D eigenvalue weighted by Gasteiger charge is -2.05. The van der Waals surface area contributed by atoms with Gasteiger partial charge in [-0.15, -0.1) is 16.4 Å². The van der Waals surface area contributed by atoms with Crippen molar-refractivity contribution >= 4 is 11.3 Å². The zero-order valence-corrected chi connectivity index (χ0v) is 12.5. The third kappa shape index (κ3) is 3.01. The van der Waals surface area contributed by atoms with Gasteiger partial charge in [0.05, 0.1) is 12.3 Å². The summed E-state index contributed by atoms with van der Waals surface area (Å²) in [6, 6.07) is 8.48. The average Bonchev–Trinajstić information content (AvgIpc) is 3.15. The second-order valence-electron chi connectivity index (χ2n) is 4.85. The maximum Gasteiger partial charge on any atom is 0.211 e. The van der Waals surface area contributed by atoms with Gasteiger partial charge in [-0.3, -0.25) is 0 Å². The molecule has 108 valence electrons. The number of thiazole rings is 1. The number of rotatable bonds is 5. The fraction of sp³-hybridized carbons (Fsp3) is 0.267. The molecule has 0 aliphatic heterocycles. The minimum atomic E-state index is -0.103. The van der Waals surface area contributed by atoms with Gasteiger partial charge < -0.3 is 5.11 Å². The molecule has 3 aromatic rings. The minimum Gasteiger partial charge on any atom is -0.390 e. The summed E-state index contributed by atoms with van der Waals surface area (Å²) in [6.07, 6.45) is 3.39. The molecule has 3 rings (SSSR count). The number of hydrogen-bond donors (Lipinski definition) is 1. The number of benzene rings is 1. The van der Waals surface area contributed by atoms with Gasteiger partial charge in [-0.2, -0.15) is 4.68 Å². The van der Waals surface area contributed by atoms with Crippen LogP contribution in [0.1, 0.15) is 22.5 Å². The van der Waals surface area contributed by atoms with Crippen molar-refractivity contribution in [3.05, 3.63) is 58.4 Å². The van der Waals surface area contributed by atoms with Gasteiger partial charge in [0.15, 0.2) is 0 Å². The first kappa shape index (κ1) is 13.9. The predicted molar refractivity (Wildman–Crippen MR) is 81.5 cm³/mol. The van der Waals surface area contributed by atoms with E-state index in [2.05, 4.69) is 46.5 Å². The van der Waals surface area contributed by atoms with Crippen LogP contribution in [0.3, 0.4) is 0 Å². The first-order chi connectivity index (χ1) is 10.3. The monoisotopic (exact) mass is 300 g/mol. The van der Waals surface area contributed by atoms with Crippen molar-refractivity contribution in [2.45, 2.75) is 26.4 Å². The van der Waals surface area contributed by atoms with Gasteiger partial charge in [-0.05, 0) is 25.3 Å². The summed E-state index contributed by atoms with van der Waals surface area (Å²) >= 11 is 1.51. The minimum absolute atomic E-state index is 0.103. The molecule has 0 spiro atoms. The third-order valence-corrected chi connectivity index (χ3v) is 4.11. The van der Waals surface area contributed by atoms with E-state index in [1.807, 2.05) is 5.38 Å². The van der Waals surface area contributed by atoms with Gasteiger partial charge in [0.1, 0.15) is 5.69 Å². The maximum absolute atomic E-state index is 9.43. The fourth-order valence-corrected chi connectivity index (χ4v) is 2.81. The normalized spacial score (nSPS) is 11.0. The molecule has 0 aliphatic rings. The van der Waals surface area contributed by atoms with E-state index in [1.54, 1.807) is 10.9 Å². The van der Waals surface area contributed by atoms with Crippen molar-refractivity contribution in [1.82, 2.24) is 20.0 Å². The predicted octanol–water partition coefficient (Wildman–Crippen LogP) is 2.31. The van der Waals surface area contributed by atoms with Crippen molar-refractivity contribution < 1.29 is 5.11 Å². The number of aromatic nitrogens is 4. The van der Waals surface area contributed by atoms with Gasteiger partial charge in [0.2, 0.25) is 5.13 Å². The maximum atomic E-state index is 9.43. The second kappa shape index (κ2) is 6.15. The lowest BCUT2D eigenvalue weighted by atomic mass is 10.1. The first-order valence-electron chi connectivity index (χ1n) is 6.77. The van der Waals surface area contributed by atoms with Crippen LogP contribution in [-0.2, 0) is 19.4 Å². The first-order valence-corrected chi connectivity index (χ1v) is 7.65. The van der Waals surface area contributed by atoms with Crippen LogP contribution in [0.4, 0.5) is 0 Å². The molecule has 0 radical (unpaired) electrons. The number of nitrogens with zero attached hydrogens (tertiary/aromatic N) is 4. The van der Waals surface area contributed by atoms with Gasteiger partial charge in [-0.1, -0.05) is 35.0 Å². The molecule has 1 N–H and O–H groups in total. The summed E-state index contributed by atoms with van der Waals surface area (Å²) in [5.41, 5.74) is 4.06. The molecule has 0 fully saturated rings. The highest BCUT2D eigenvalue weighted by Gasteiger charge is 2.15. The Bertz CT molecular complexity index is 704. The van der Waals surface area contributed by atoms with E-state index in [1.165, 1.54) is 22.5 Å². The van der Waals surface area contributed by atoms with Crippen molar-refractivity contribution in [3.8, 4) is 5.13 Å². The topological polar surface area (TPSA) is 63.8 Å². The molecule has 0 bridgehead atoms. The Morgan fingerprint density at radius 1 is 1.19 bits per heavy atom. The highest BCUT2D eigenvalue weighted by Crippen LogP contribution is 2.17. The largest absolute Gasteiger partial charge is 0.390 e.